The molecular formula is C10H11N3O2S. The van der Waals surface area contributed by atoms with Gasteiger partial charge in [-0.05, 0) is 23.4 Å². The summed E-state index contributed by atoms with van der Waals surface area (Å²) in [7, 11) is 1.65. The summed E-state index contributed by atoms with van der Waals surface area (Å²) >= 11 is 1.35. The Morgan fingerprint density at radius 2 is 2.25 bits per heavy atom. The molecule has 6 heteroatoms. The van der Waals surface area contributed by atoms with E-state index in [2.05, 4.69) is 10.2 Å². The fraction of sp³-hybridized carbons (Fsp3) is 0.200. The van der Waals surface area contributed by atoms with Gasteiger partial charge in [-0.3, -0.25) is 4.57 Å². The summed E-state index contributed by atoms with van der Waals surface area (Å²) in [6.07, 6.45) is 0. The van der Waals surface area contributed by atoms with Crippen LogP contribution in [0.3, 0.4) is 0 Å². The van der Waals surface area contributed by atoms with Gasteiger partial charge < -0.3 is 5.11 Å². The molecule has 2 rings (SSSR count). The number of hydrogen-bond donors (Lipinski definition) is 2. The van der Waals surface area contributed by atoms with Crippen molar-refractivity contribution < 1.29 is 5.11 Å². The molecule has 1 aromatic heterocycles. The number of aliphatic hydroxyl groups is 1. The molecule has 0 saturated heterocycles. The molecule has 1 heterocycles. The van der Waals surface area contributed by atoms with E-state index >= 15 is 0 Å². The van der Waals surface area contributed by atoms with Crippen LogP contribution in [0.1, 0.15) is 5.56 Å². The van der Waals surface area contributed by atoms with Crippen molar-refractivity contribution in [2.75, 3.05) is 0 Å². The Kier molecular flexibility index (Phi) is 3.12. The van der Waals surface area contributed by atoms with Crippen LogP contribution in [0.25, 0.3) is 0 Å². The lowest BCUT2D eigenvalue weighted by Gasteiger charge is -2.04. The van der Waals surface area contributed by atoms with Crippen molar-refractivity contribution >= 4 is 11.8 Å². The van der Waals surface area contributed by atoms with E-state index in [0.717, 1.165) is 10.5 Å². The van der Waals surface area contributed by atoms with E-state index in [9.17, 15) is 4.79 Å². The first-order valence-corrected chi connectivity index (χ1v) is 5.52. The van der Waals surface area contributed by atoms with Crippen molar-refractivity contribution in [3.63, 3.8) is 0 Å². The van der Waals surface area contributed by atoms with Crippen molar-refractivity contribution in [1.82, 2.24) is 14.8 Å². The summed E-state index contributed by atoms with van der Waals surface area (Å²) < 4.78 is 1.43. The molecule has 5 nitrogen and oxygen atoms in total. The maximum atomic E-state index is 11.2. The number of aromatic amines is 1. The maximum Gasteiger partial charge on any atom is 0.343 e. The van der Waals surface area contributed by atoms with E-state index in [4.69, 9.17) is 5.11 Å². The third-order valence-corrected chi connectivity index (χ3v) is 3.35. The molecule has 0 aliphatic heterocycles. The lowest BCUT2D eigenvalue weighted by Crippen LogP contribution is -2.12. The van der Waals surface area contributed by atoms with Gasteiger partial charge in [0.15, 0.2) is 5.16 Å². The van der Waals surface area contributed by atoms with E-state index in [-0.39, 0.29) is 12.3 Å². The summed E-state index contributed by atoms with van der Waals surface area (Å²) in [4.78, 5) is 12.1. The molecule has 0 unspecified atom stereocenters. The molecule has 0 radical (unpaired) electrons. The monoisotopic (exact) mass is 237 g/mol. The summed E-state index contributed by atoms with van der Waals surface area (Å²) in [6, 6.07) is 7.47. The number of aromatic nitrogens is 3. The van der Waals surface area contributed by atoms with Crippen molar-refractivity contribution in [2.24, 2.45) is 7.05 Å². The second-order valence-electron chi connectivity index (χ2n) is 3.24. The first-order chi connectivity index (χ1) is 7.72. The van der Waals surface area contributed by atoms with Crippen LogP contribution >= 0.6 is 11.8 Å². The zero-order valence-corrected chi connectivity index (χ0v) is 9.49. The number of nitrogens with one attached hydrogen (secondary N) is 1. The number of H-pyrrole nitrogens is 1. The van der Waals surface area contributed by atoms with Gasteiger partial charge in [-0.1, -0.05) is 18.2 Å². The van der Waals surface area contributed by atoms with E-state index in [0.29, 0.717) is 5.16 Å². The fourth-order valence-corrected chi connectivity index (χ4v) is 2.17. The Hall–Kier alpha value is -1.53. The molecule has 0 saturated carbocycles. The highest BCUT2D eigenvalue weighted by Crippen LogP contribution is 2.27. The lowest BCUT2D eigenvalue weighted by atomic mass is 10.2. The average molecular weight is 237 g/mol. The van der Waals surface area contributed by atoms with Gasteiger partial charge in [0.05, 0.1) is 6.61 Å². The Bertz CT molecular complexity index is 547. The minimum absolute atomic E-state index is 0.0262. The minimum atomic E-state index is -0.246. The average Bonchev–Trinajstić information content (AvgIpc) is 2.62. The van der Waals surface area contributed by atoms with Crippen LogP contribution < -0.4 is 5.69 Å². The molecule has 2 aromatic rings. The molecule has 84 valence electrons. The van der Waals surface area contributed by atoms with E-state index in [1.807, 2.05) is 24.3 Å². The quantitative estimate of drug-likeness (QED) is 0.826. The molecule has 0 bridgehead atoms. The lowest BCUT2D eigenvalue weighted by molar-refractivity contribution is 0.279. The number of nitrogens with zero attached hydrogens (tertiary/aromatic N) is 2. The van der Waals surface area contributed by atoms with Gasteiger partial charge in [-0.25, -0.2) is 9.89 Å². The summed E-state index contributed by atoms with van der Waals surface area (Å²) in [5, 5.41) is 16.0. The van der Waals surface area contributed by atoms with Crippen molar-refractivity contribution in [2.45, 2.75) is 16.7 Å². The molecule has 0 spiro atoms. The Labute approximate surface area is 96.1 Å². The van der Waals surface area contributed by atoms with Crippen LogP contribution in [0.15, 0.2) is 39.1 Å². The third-order valence-electron chi connectivity index (χ3n) is 2.18. The van der Waals surface area contributed by atoms with Crippen LogP contribution in [-0.4, -0.2) is 19.9 Å². The maximum absolute atomic E-state index is 11.2. The highest BCUT2D eigenvalue weighted by molar-refractivity contribution is 7.99. The van der Waals surface area contributed by atoms with Gasteiger partial charge in [-0.15, -0.1) is 5.10 Å². The second-order valence-corrected chi connectivity index (χ2v) is 4.25. The van der Waals surface area contributed by atoms with Crippen LogP contribution in [0.5, 0.6) is 0 Å². The zero-order chi connectivity index (χ0) is 11.5. The number of aliphatic hydroxyl groups excluding tert-OH is 1. The summed E-state index contributed by atoms with van der Waals surface area (Å²) in [5.41, 5.74) is 0.576. The third kappa shape index (κ3) is 2.02. The fourth-order valence-electron chi connectivity index (χ4n) is 1.26. The molecular weight excluding hydrogens is 226 g/mol. The van der Waals surface area contributed by atoms with E-state index in [1.165, 1.54) is 16.3 Å². The van der Waals surface area contributed by atoms with E-state index in [1.54, 1.807) is 7.05 Å². The SMILES string of the molecule is Cn1c(Sc2ccccc2CO)n[nH]c1=O. The van der Waals surface area contributed by atoms with Crippen LogP contribution in [0, 0.1) is 0 Å². The predicted octanol–water partition coefficient (Wildman–Crippen LogP) is 0.752. The Balaban J connectivity index is 2.34. The highest BCUT2D eigenvalue weighted by Gasteiger charge is 2.08. The van der Waals surface area contributed by atoms with Gasteiger partial charge in [-0.2, -0.15) is 0 Å². The van der Waals surface area contributed by atoms with E-state index < -0.39 is 0 Å². The highest BCUT2D eigenvalue weighted by atomic mass is 32.2. The first-order valence-electron chi connectivity index (χ1n) is 4.70. The normalized spacial score (nSPS) is 10.6. The standard InChI is InChI=1S/C10H11N3O2S/c1-13-9(15)11-12-10(13)16-8-5-3-2-4-7(8)6-14/h2-5,14H,6H2,1H3,(H,11,15). The second kappa shape index (κ2) is 4.54. The summed E-state index contributed by atoms with van der Waals surface area (Å²) in [6.45, 7) is -0.0262. The minimum Gasteiger partial charge on any atom is -0.392 e. The number of benzene rings is 1. The molecule has 0 aliphatic rings. The Morgan fingerprint density at radius 3 is 2.88 bits per heavy atom. The van der Waals surface area contributed by atoms with Gasteiger partial charge >= 0.3 is 5.69 Å². The van der Waals surface area contributed by atoms with Gasteiger partial charge in [0.2, 0.25) is 0 Å². The van der Waals surface area contributed by atoms with Crippen LogP contribution in [0.2, 0.25) is 0 Å². The molecule has 16 heavy (non-hydrogen) atoms. The van der Waals surface area contributed by atoms with Crippen LogP contribution in [-0.2, 0) is 13.7 Å². The number of hydrogen-bond acceptors (Lipinski definition) is 4. The smallest absolute Gasteiger partial charge is 0.343 e. The van der Waals surface area contributed by atoms with Crippen molar-refractivity contribution in [1.29, 1.82) is 0 Å². The predicted molar refractivity (Wildman–Crippen MR) is 60.3 cm³/mol. The van der Waals surface area contributed by atoms with Gasteiger partial charge in [0.25, 0.3) is 0 Å². The van der Waals surface area contributed by atoms with Crippen molar-refractivity contribution in [3.8, 4) is 0 Å². The molecule has 0 aliphatic carbocycles. The molecule has 0 atom stereocenters. The summed E-state index contributed by atoms with van der Waals surface area (Å²) in [5.74, 6) is 0. The first kappa shape index (κ1) is 11.0. The van der Waals surface area contributed by atoms with Gasteiger partial charge in [0, 0.05) is 11.9 Å². The van der Waals surface area contributed by atoms with Crippen LogP contribution in [0.4, 0.5) is 0 Å². The molecule has 1 aromatic carbocycles. The molecule has 0 fully saturated rings. The van der Waals surface area contributed by atoms with Gasteiger partial charge in [0.1, 0.15) is 0 Å². The molecule has 0 amide bonds. The molecule has 2 N–H and O–H groups in total. The zero-order valence-electron chi connectivity index (χ0n) is 8.67. The largest absolute Gasteiger partial charge is 0.392 e. The Morgan fingerprint density at radius 1 is 1.50 bits per heavy atom. The van der Waals surface area contributed by atoms with Crippen molar-refractivity contribution in [3.05, 3.63) is 40.3 Å². The number of rotatable bonds is 3. The topological polar surface area (TPSA) is 70.9 Å².